The number of rotatable bonds is 0. The monoisotopic (exact) mass is 162 g/mol. The van der Waals surface area contributed by atoms with Crippen LogP contribution in [0, 0.1) is 0 Å². The fourth-order valence-electron chi connectivity index (χ4n) is 0.691. The number of nitrogens with one attached hydrogen (secondary N) is 1. The van der Waals surface area contributed by atoms with Gasteiger partial charge in [0.25, 0.3) is 0 Å². The van der Waals surface area contributed by atoms with Crippen molar-refractivity contribution in [3.05, 3.63) is 18.9 Å². The molecule has 1 aliphatic carbocycles. The SMILES string of the molecule is C1CC1.c1ncc2[nH]cnc2n1. The van der Waals surface area contributed by atoms with Gasteiger partial charge in [0, 0.05) is 0 Å². The van der Waals surface area contributed by atoms with E-state index in [2.05, 4.69) is 19.9 Å². The maximum absolute atomic E-state index is 3.91. The molecule has 3 rings (SSSR count). The molecule has 1 N–H and O–H groups in total. The lowest BCUT2D eigenvalue weighted by atomic mass is 10.6. The Balaban J connectivity index is 0.000000159. The lowest BCUT2D eigenvalue weighted by Gasteiger charge is -1.80. The third kappa shape index (κ3) is 1.78. The first-order valence-corrected chi connectivity index (χ1v) is 4.06. The Kier molecular flexibility index (Phi) is 1.98. The maximum Gasteiger partial charge on any atom is 0.180 e. The van der Waals surface area contributed by atoms with Crippen LogP contribution >= 0.6 is 0 Å². The molecule has 0 aromatic carbocycles. The summed E-state index contributed by atoms with van der Waals surface area (Å²) in [5.74, 6) is 0. The van der Waals surface area contributed by atoms with E-state index in [4.69, 9.17) is 0 Å². The molecule has 2 heterocycles. The molecule has 0 saturated heterocycles. The van der Waals surface area contributed by atoms with E-state index in [1.54, 1.807) is 12.5 Å². The highest BCUT2D eigenvalue weighted by Gasteiger charge is 1.95. The summed E-state index contributed by atoms with van der Waals surface area (Å²) in [6, 6.07) is 0. The van der Waals surface area contributed by atoms with E-state index in [1.807, 2.05) is 0 Å². The van der Waals surface area contributed by atoms with Crippen molar-refractivity contribution in [2.45, 2.75) is 19.3 Å². The van der Waals surface area contributed by atoms with Crippen LogP contribution in [0.4, 0.5) is 0 Å². The minimum Gasteiger partial charge on any atom is -0.342 e. The smallest absolute Gasteiger partial charge is 0.180 e. The standard InChI is InChI=1S/C5H4N4.C3H6/c1-4-5(8-2-6-1)9-3-7-4;1-2-3-1/h1-3H,(H,6,7,8,9);1-3H2. The Bertz CT molecular complexity index is 320. The number of nitrogens with zero attached hydrogens (tertiary/aromatic N) is 3. The van der Waals surface area contributed by atoms with Gasteiger partial charge in [-0.3, -0.25) is 0 Å². The van der Waals surface area contributed by atoms with Gasteiger partial charge in [0.2, 0.25) is 0 Å². The second-order valence-electron chi connectivity index (χ2n) is 2.72. The molecule has 0 radical (unpaired) electrons. The second kappa shape index (κ2) is 3.30. The predicted molar refractivity (Wildman–Crippen MR) is 45.5 cm³/mol. The lowest BCUT2D eigenvalue weighted by Crippen LogP contribution is -1.76. The van der Waals surface area contributed by atoms with Crippen LogP contribution in [0.1, 0.15) is 19.3 Å². The van der Waals surface area contributed by atoms with Crippen LogP contribution < -0.4 is 0 Å². The van der Waals surface area contributed by atoms with Gasteiger partial charge in [-0.15, -0.1) is 0 Å². The van der Waals surface area contributed by atoms with Gasteiger partial charge in [-0.2, -0.15) is 0 Å². The summed E-state index contributed by atoms with van der Waals surface area (Å²) in [7, 11) is 0. The zero-order valence-electron chi connectivity index (χ0n) is 6.70. The van der Waals surface area contributed by atoms with E-state index >= 15 is 0 Å². The molecule has 2 aromatic rings. The largest absolute Gasteiger partial charge is 0.342 e. The second-order valence-corrected chi connectivity index (χ2v) is 2.72. The summed E-state index contributed by atoms with van der Waals surface area (Å²) < 4.78 is 0. The fraction of sp³-hybridized carbons (Fsp3) is 0.375. The first kappa shape index (κ1) is 7.21. The van der Waals surface area contributed by atoms with Crippen molar-refractivity contribution in [2.24, 2.45) is 0 Å². The van der Waals surface area contributed by atoms with Gasteiger partial charge in [0.15, 0.2) is 5.65 Å². The quantitative estimate of drug-likeness (QED) is 0.639. The van der Waals surface area contributed by atoms with Crippen LogP contribution in [-0.2, 0) is 0 Å². The molecular formula is C8H10N4. The Morgan fingerprint density at radius 2 is 2.00 bits per heavy atom. The van der Waals surface area contributed by atoms with E-state index < -0.39 is 0 Å². The highest BCUT2D eigenvalue weighted by molar-refractivity contribution is 5.67. The van der Waals surface area contributed by atoms with E-state index in [0.717, 1.165) is 5.52 Å². The molecule has 12 heavy (non-hydrogen) atoms. The normalized spacial score (nSPS) is 13.7. The van der Waals surface area contributed by atoms with Gasteiger partial charge < -0.3 is 4.98 Å². The minimum absolute atomic E-state index is 0.713. The van der Waals surface area contributed by atoms with Crippen molar-refractivity contribution >= 4 is 11.2 Å². The first-order chi connectivity index (χ1) is 5.97. The Morgan fingerprint density at radius 3 is 2.67 bits per heavy atom. The lowest BCUT2D eigenvalue weighted by molar-refractivity contribution is 1.20. The van der Waals surface area contributed by atoms with Crippen molar-refractivity contribution in [2.75, 3.05) is 0 Å². The molecule has 0 spiro atoms. The van der Waals surface area contributed by atoms with Crippen LogP contribution in [0.25, 0.3) is 11.2 Å². The van der Waals surface area contributed by atoms with Crippen molar-refractivity contribution in [3.63, 3.8) is 0 Å². The maximum atomic E-state index is 3.91. The minimum atomic E-state index is 0.713. The first-order valence-electron chi connectivity index (χ1n) is 4.06. The number of aromatic nitrogens is 4. The molecule has 0 amide bonds. The van der Waals surface area contributed by atoms with Crippen LogP contribution in [0.3, 0.4) is 0 Å². The zero-order valence-corrected chi connectivity index (χ0v) is 6.70. The van der Waals surface area contributed by atoms with Gasteiger partial charge in [-0.05, 0) is 0 Å². The molecule has 2 aromatic heterocycles. The molecule has 0 atom stereocenters. The number of H-pyrrole nitrogens is 1. The summed E-state index contributed by atoms with van der Waals surface area (Å²) in [6.07, 6.45) is 9.26. The summed E-state index contributed by atoms with van der Waals surface area (Å²) in [5, 5.41) is 0. The Morgan fingerprint density at radius 1 is 1.17 bits per heavy atom. The molecular weight excluding hydrogens is 152 g/mol. The summed E-state index contributed by atoms with van der Waals surface area (Å²) in [6.45, 7) is 0. The fourth-order valence-corrected chi connectivity index (χ4v) is 0.691. The third-order valence-corrected chi connectivity index (χ3v) is 1.45. The Labute approximate surface area is 70.1 Å². The van der Waals surface area contributed by atoms with Crippen molar-refractivity contribution in [1.82, 2.24) is 19.9 Å². The van der Waals surface area contributed by atoms with E-state index in [-0.39, 0.29) is 0 Å². The van der Waals surface area contributed by atoms with Crippen molar-refractivity contribution in [3.8, 4) is 0 Å². The highest BCUT2D eigenvalue weighted by atomic mass is 15.0. The Hall–Kier alpha value is -1.45. The van der Waals surface area contributed by atoms with E-state index in [1.165, 1.54) is 25.6 Å². The molecule has 4 heteroatoms. The van der Waals surface area contributed by atoms with Crippen molar-refractivity contribution in [1.29, 1.82) is 0 Å². The summed E-state index contributed by atoms with van der Waals surface area (Å²) in [4.78, 5) is 14.5. The number of fused-ring (bicyclic) bond motifs is 1. The molecule has 62 valence electrons. The predicted octanol–water partition coefficient (Wildman–Crippen LogP) is 1.52. The highest BCUT2D eigenvalue weighted by Crippen LogP contribution is 2.14. The topological polar surface area (TPSA) is 54.5 Å². The third-order valence-electron chi connectivity index (χ3n) is 1.45. The van der Waals surface area contributed by atoms with Gasteiger partial charge in [0.1, 0.15) is 11.8 Å². The van der Waals surface area contributed by atoms with Gasteiger partial charge >= 0.3 is 0 Å². The van der Waals surface area contributed by atoms with Gasteiger partial charge in [-0.1, -0.05) is 19.3 Å². The average Bonchev–Trinajstić information content (AvgIpc) is 2.91. The van der Waals surface area contributed by atoms with Crippen LogP contribution in [0.5, 0.6) is 0 Å². The molecule has 4 nitrogen and oxygen atoms in total. The molecule has 1 saturated carbocycles. The number of hydrogen-bond donors (Lipinski definition) is 1. The van der Waals surface area contributed by atoms with Gasteiger partial charge in [-0.25, -0.2) is 15.0 Å². The average molecular weight is 162 g/mol. The van der Waals surface area contributed by atoms with Crippen LogP contribution in [0.2, 0.25) is 0 Å². The van der Waals surface area contributed by atoms with E-state index in [9.17, 15) is 0 Å². The summed E-state index contributed by atoms with van der Waals surface area (Å²) in [5.41, 5.74) is 1.59. The number of aromatic amines is 1. The zero-order chi connectivity index (χ0) is 8.23. The molecule has 0 unspecified atom stereocenters. The van der Waals surface area contributed by atoms with Crippen LogP contribution in [-0.4, -0.2) is 19.9 Å². The molecule has 0 bridgehead atoms. The van der Waals surface area contributed by atoms with E-state index in [0.29, 0.717) is 5.65 Å². The molecule has 0 aliphatic heterocycles. The van der Waals surface area contributed by atoms with Crippen LogP contribution in [0.15, 0.2) is 18.9 Å². The summed E-state index contributed by atoms with van der Waals surface area (Å²) >= 11 is 0. The number of imidazole rings is 1. The van der Waals surface area contributed by atoms with Crippen molar-refractivity contribution < 1.29 is 0 Å². The molecule has 1 fully saturated rings. The number of hydrogen-bond acceptors (Lipinski definition) is 3. The van der Waals surface area contributed by atoms with Gasteiger partial charge in [0.05, 0.1) is 12.5 Å². The molecule has 1 aliphatic rings.